The summed E-state index contributed by atoms with van der Waals surface area (Å²) in [5.74, 6) is 0.628. The molecule has 0 spiro atoms. The molecule has 4 nitrogen and oxygen atoms in total. The second-order valence-corrected chi connectivity index (χ2v) is 6.42. The van der Waals surface area contributed by atoms with Crippen molar-refractivity contribution in [1.82, 2.24) is 10.3 Å². The van der Waals surface area contributed by atoms with E-state index in [1.165, 1.54) is 31.0 Å². The Bertz CT molecular complexity index is 702. The van der Waals surface area contributed by atoms with Gasteiger partial charge in [0.1, 0.15) is 5.82 Å². The van der Waals surface area contributed by atoms with Gasteiger partial charge in [-0.25, -0.2) is 9.37 Å². The van der Waals surface area contributed by atoms with Gasteiger partial charge in [0.25, 0.3) is 5.91 Å². The van der Waals surface area contributed by atoms with Gasteiger partial charge in [-0.3, -0.25) is 4.79 Å². The zero-order valence-electron chi connectivity index (χ0n) is 12.4. The number of ether oxygens (including phenoxy) is 1. The van der Waals surface area contributed by atoms with Crippen molar-refractivity contribution in [2.24, 2.45) is 5.92 Å². The Kier molecular flexibility index (Phi) is 4.91. The number of nitrogens with one attached hydrogen (secondary N) is 1. The lowest BCUT2D eigenvalue weighted by Crippen LogP contribution is -2.23. The summed E-state index contributed by atoms with van der Waals surface area (Å²) in [7, 11) is 0. The Labute approximate surface area is 142 Å². The number of carbonyl (C=O) groups excluding carboxylic acids is 1. The van der Waals surface area contributed by atoms with Gasteiger partial charge in [0.15, 0.2) is 0 Å². The fourth-order valence-electron chi connectivity index (χ4n) is 2.04. The van der Waals surface area contributed by atoms with Crippen LogP contribution in [0.1, 0.15) is 28.8 Å². The van der Waals surface area contributed by atoms with Crippen LogP contribution in [0.15, 0.2) is 41.0 Å². The second kappa shape index (κ2) is 7.08. The van der Waals surface area contributed by atoms with Gasteiger partial charge in [-0.1, -0.05) is 6.07 Å². The van der Waals surface area contributed by atoms with Crippen molar-refractivity contribution in [3.05, 3.63) is 57.9 Å². The highest BCUT2D eigenvalue weighted by Gasteiger charge is 2.22. The fraction of sp³-hybridized carbons (Fsp3) is 0.294. The topological polar surface area (TPSA) is 51.2 Å². The van der Waals surface area contributed by atoms with Crippen LogP contribution in [0.3, 0.4) is 0 Å². The lowest BCUT2D eigenvalue weighted by molar-refractivity contribution is 0.0950. The van der Waals surface area contributed by atoms with Gasteiger partial charge in [-0.05, 0) is 58.5 Å². The minimum absolute atomic E-state index is 0.272. The molecule has 1 aromatic heterocycles. The van der Waals surface area contributed by atoms with Gasteiger partial charge in [0.2, 0.25) is 5.88 Å². The van der Waals surface area contributed by atoms with Crippen LogP contribution >= 0.6 is 15.9 Å². The highest BCUT2D eigenvalue weighted by Crippen LogP contribution is 2.29. The Balaban J connectivity index is 1.53. The lowest BCUT2D eigenvalue weighted by atomic mass is 10.2. The molecular formula is C17H16BrFN2O2. The van der Waals surface area contributed by atoms with E-state index in [-0.39, 0.29) is 11.7 Å². The van der Waals surface area contributed by atoms with Crippen LogP contribution in [0, 0.1) is 11.7 Å². The molecule has 0 aliphatic heterocycles. The Morgan fingerprint density at radius 1 is 1.35 bits per heavy atom. The zero-order chi connectivity index (χ0) is 16.2. The maximum absolute atomic E-state index is 13.0. The van der Waals surface area contributed by atoms with E-state index in [4.69, 9.17) is 4.74 Å². The first kappa shape index (κ1) is 15.9. The molecule has 0 unspecified atom stereocenters. The summed E-state index contributed by atoms with van der Waals surface area (Å²) in [6.45, 7) is 1.07. The van der Waals surface area contributed by atoms with E-state index in [9.17, 15) is 9.18 Å². The largest absolute Gasteiger partial charge is 0.477 e. The normalized spacial score (nSPS) is 13.7. The van der Waals surface area contributed by atoms with Crippen LogP contribution in [0.2, 0.25) is 0 Å². The molecule has 1 aliphatic rings. The summed E-state index contributed by atoms with van der Waals surface area (Å²) in [5.41, 5.74) is 1.26. The molecule has 0 bridgehead atoms. The highest BCUT2D eigenvalue weighted by molar-refractivity contribution is 9.10. The summed E-state index contributed by atoms with van der Waals surface area (Å²) in [6, 6.07) is 7.64. The molecule has 1 saturated carbocycles. The number of hydrogen-bond donors (Lipinski definition) is 1. The summed E-state index contributed by atoms with van der Waals surface area (Å²) in [4.78, 5) is 16.3. The number of halogens is 2. The predicted molar refractivity (Wildman–Crippen MR) is 87.7 cm³/mol. The minimum Gasteiger partial charge on any atom is -0.477 e. The van der Waals surface area contributed by atoms with Crippen molar-refractivity contribution < 1.29 is 13.9 Å². The third-order valence-electron chi connectivity index (χ3n) is 3.59. The van der Waals surface area contributed by atoms with E-state index < -0.39 is 0 Å². The molecule has 2 aromatic rings. The van der Waals surface area contributed by atoms with Crippen molar-refractivity contribution in [3.63, 3.8) is 0 Å². The molecule has 0 radical (unpaired) electrons. The molecule has 1 aliphatic carbocycles. The van der Waals surface area contributed by atoms with Crippen molar-refractivity contribution in [2.45, 2.75) is 19.4 Å². The van der Waals surface area contributed by atoms with Gasteiger partial charge in [-0.2, -0.15) is 0 Å². The van der Waals surface area contributed by atoms with Gasteiger partial charge in [0.05, 0.1) is 12.2 Å². The number of hydrogen-bond acceptors (Lipinski definition) is 3. The average Bonchev–Trinajstić information content (AvgIpc) is 3.36. The molecule has 0 saturated heterocycles. The van der Waals surface area contributed by atoms with Gasteiger partial charge >= 0.3 is 0 Å². The van der Waals surface area contributed by atoms with Gasteiger partial charge in [-0.15, -0.1) is 0 Å². The highest BCUT2D eigenvalue weighted by atomic mass is 79.9. The molecule has 1 N–H and O–H groups in total. The van der Waals surface area contributed by atoms with Crippen LogP contribution in [-0.2, 0) is 6.54 Å². The first-order chi connectivity index (χ1) is 11.1. The predicted octanol–water partition coefficient (Wildman–Crippen LogP) is 3.70. The molecule has 1 amide bonds. The third-order valence-corrected chi connectivity index (χ3v) is 4.25. The molecule has 120 valence electrons. The monoisotopic (exact) mass is 378 g/mol. The fourth-order valence-corrected chi connectivity index (χ4v) is 2.57. The van der Waals surface area contributed by atoms with Crippen molar-refractivity contribution in [2.75, 3.05) is 6.61 Å². The van der Waals surface area contributed by atoms with E-state index in [1.807, 2.05) is 6.07 Å². The first-order valence-corrected chi connectivity index (χ1v) is 8.22. The van der Waals surface area contributed by atoms with E-state index in [0.717, 1.165) is 12.2 Å². The molecule has 0 atom stereocenters. The molecule has 3 rings (SSSR count). The minimum atomic E-state index is -0.389. The van der Waals surface area contributed by atoms with Crippen molar-refractivity contribution in [1.29, 1.82) is 0 Å². The standard InChI is InChI=1S/C17H16BrFN2O2/c18-15-7-13(19)4-5-14(15)17(22)21-9-12-3-6-16(20-8-12)23-10-11-1-2-11/h3-8,11H,1-2,9-10H2,(H,21,22). The summed E-state index contributed by atoms with van der Waals surface area (Å²) < 4.78 is 19.0. The summed E-state index contributed by atoms with van der Waals surface area (Å²) in [6.07, 6.45) is 4.16. The van der Waals surface area contributed by atoms with Crippen LogP contribution in [0.4, 0.5) is 4.39 Å². The van der Waals surface area contributed by atoms with Crippen LogP contribution in [0.25, 0.3) is 0 Å². The number of aromatic nitrogens is 1. The Morgan fingerprint density at radius 2 is 2.17 bits per heavy atom. The number of pyridine rings is 1. The maximum Gasteiger partial charge on any atom is 0.252 e. The van der Waals surface area contributed by atoms with Crippen molar-refractivity contribution in [3.8, 4) is 5.88 Å². The zero-order valence-corrected chi connectivity index (χ0v) is 14.0. The Morgan fingerprint density at radius 3 is 2.83 bits per heavy atom. The summed E-state index contributed by atoms with van der Waals surface area (Å²) >= 11 is 3.19. The third kappa shape index (κ3) is 4.51. The number of rotatable bonds is 6. The van der Waals surface area contributed by atoms with Gasteiger partial charge in [0, 0.05) is 23.3 Å². The van der Waals surface area contributed by atoms with E-state index in [2.05, 4.69) is 26.2 Å². The van der Waals surface area contributed by atoms with E-state index in [1.54, 1.807) is 12.3 Å². The van der Waals surface area contributed by atoms with E-state index >= 15 is 0 Å². The lowest BCUT2D eigenvalue weighted by Gasteiger charge is -2.08. The smallest absolute Gasteiger partial charge is 0.252 e. The van der Waals surface area contributed by atoms with Crippen LogP contribution in [0.5, 0.6) is 5.88 Å². The SMILES string of the molecule is O=C(NCc1ccc(OCC2CC2)nc1)c1ccc(F)cc1Br. The second-order valence-electron chi connectivity index (χ2n) is 5.57. The molecular weight excluding hydrogens is 363 g/mol. The van der Waals surface area contributed by atoms with E-state index in [0.29, 0.717) is 28.4 Å². The summed E-state index contributed by atoms with van der Waals surface area (Å²) in [5, 5.41) is 2.78. The molecule has 23 heavy (non-hydrogen) atoms. The number of benzene rings is 1. The number of carbonyl (C=O) groups is 1. The van der Waals surface area contributed by atoms with Gasteiger partial charge < -0.3 is 10.1 Å². The first-order valence-electron chi connectivity index (χ1n) is 7.43. The average molecular weight is 379 g/mol. The maximum atomic E-state index is 13.0. The van der Waals surface area contributed by atoms with Crippen LogP contribution < -0.4 is 10.1 Å². The van der Waals surface area contributed by atoms with Crippen LogP contribution in [-0.4, -0.2) is 17.5 Å². The Hall–Kier alpha value is -1.95. The molecule has 1 fully saturated rings. The quantitative estimate of drug-likeness (QED) is 0.833. The molecule has 1 heterocycles. The molecule has 1 aromatic carbocycles. The molecule has 6 heteroatoms. The number of nitrogens with zero attached hydrogens (tertiary/aromatic N) is 1. The number of amides is 1. The van der Waals surface area contributed by atoms with Crippen molar-refractivity contribution >= 4 is 21.8 Å².